The Kier molecular flexibility index (Phi) is 3.69. The first kappa shape index (κ1) is 14.1. The Morgan fingerprint density at radius 3 is 2.86 bits per heavy atom. The number of nitrogens with two attached hydrogens (primary N) is 1. The van der Waals surface area contributed by atoms with Gasteiger partial charge in [-0.25, -0.2) is 0 Å². The molecular formula is C16H21N3O2. The largest absolute Gasteiger partial charge is 0.398 e. The first-order valence-corrected chi connectivity index (χ1v) is 7.26. The Hall–Kier alpha value is -1.85. The maximum Gasteiger partial charge on any atom is 0.0863 e. The average Bonchev–Trinajstić information content (AvgIpc) is 2.47. The summed E-state index contributed by atoms with van der Waals surface area (Å²) in [6.45, 7) is 3.70. The van der Waals surface area contributed by atoms with E-state index in [1.807, 2.05) is 25.1 Å². The summed E-state index contributed by atoms with van der Waals surface area (Å²) in [5.41, 5.74) is 7.94. The number of pyridine rings is 1. The van der Waals surface area contributed by atoms with Crippen molar-refractivity contribution in [3.05, 3.63) is 30.1 Å². The standard InChI is InChI=1S/C16H21N3O2/c1-11-8-12-13(9-18-11)14(17)2-3-15(12)19-10-16(20)4-6-21-7-5-16/h2-3,8-9,19-20H,4-7,10,17H2,1H3. The molecule has 1 aliphatic heterocycles. The number of nitrogen functional groups attached to an aromatic ring is 1. The number of aromatic nitrogens is 1. The maximum absolute atomic E-state index is 10.5. The predicted molar refractivity (Wildman–Crippen MR) is 84.4 cm³/mol. The van der Waals surface area contributed by atoms with E-state index in [-0.39, 0.29) is 0 Å². The van der Waals surface area contributed by atoms with Gasteiger partial charge in [-0.05, 0) is 25.1 Å². The molecule has 1 aliphatic rings. The number of fused-ring (bicyclic) bond motifs is 1. The normalized spacial score (nSPS) is 17.8. The smallest absolute Gasteiger partial charge is 0.0863 e. The molecule has 1 saturated heterocycles. The molecule has 2 heterocycles. The summed E-state index contributed by atoms with van der Waals surface area (Å²) in [5, 5.41) is 15.9. The molecule has 0 saturated carbocycles. The van der Waals surface area contributed by atoms with Gasteiger partial charge in [-0.2, -0.15) is 0 Å². The van der Waals surface area contributed by atoms with Gasteiger partial charge in [0, 0.05) is 66.6 Å². The van der Waals surface area contributed by atoms with Crippen LogP contribution in [0.2, 0.25) is 0 Å². The van der Waals surface area contributed by atoms with Crippen molar-refractivity contribution in [1.29, 1.82) is 0 Å². The van der Waals surface area contributed by atoms with Crippen LogP contribution >= 0.6 is 0 Å². The summed E-state index contributed by atoms with van der Waals surface area (Å²) >= 11 is 0. The van der Waals surface area contributed by atoms with Crippen molar-refractivity contribution in [3.8, 4) is 0 Å². The molecule has 0 unspecified atom stereocenters. The molecule has 5 nitrogen and oxygen atoms in total. The molecule has 1 aromatic carbocycles. The number of rotatable bonds is 3. The molecular weight excluding hydrogens is 266 g/mol. The lowest BCUT2D eigenvalue weighted by molar-refractivity contribution is -0.0543. The first-order chi connectivity index (χ1) is 10.1. The topological polar surface area (TPSA) is 80.4 Å². The second-order valence-electron chi connectivity index (χ2n) is 5.76. The van der Waals surface area contributed by atoms with E-state index >= 15 is 0 Å². The SMILES string of the molecule is Cc1cc2c(NCC3(O)CCOCC3)ccc(N)c2cn1. The fourth-order valence-electron chi connectivity index (χ4n) is 2.71. The summed E-state index contributed by atoms with van der Waals surface area (Å²) < 4.78 is 5.31. The van der Waals surface area contributed by atoms with Crippen LogP contribution in [-0.4, -0.2) is 35.5 Å². The second-order valence-corrected chi connectivity index (χ2v) is 5.76. The highest BCUT2D eigenvalue weighted by atomic mass is 16.5. The van der Waals surface area contributed by atoms with E-state index < -0.39 is 5.60 Å². The van der Waals surface area contributed by atoms with Crippen LogP contribution in [0.5, 0.6) is 0 Å². The van der Waals surface area contributed by atoms with Crippen molar-refractivity contribution in [2.75, 3.05) is 30.8 Å². The maximum atomic E-state index is 10.5. The quantitative estimate of drug-likeness (QED) is 0.753. The number of hydrogen-bond donors (Lipinski definition) is 3. The van der Waals surface area contributed by atoms with Crippen molar-refractivity contribution >= 4 is 22.1 Å². The van der Waals surface area contributed by atoms with Crippen molar-refractivity contribution in [1.82, 2.24) is 4.98 Å². The van der Waals surface area contributed by atoms with Crippen LogP contribution < -0.4 is 11.1 Å². The highest BCUT2D eigenvalue weighted by molar-refractivity contribution is 6.00. The molecule has 0 aliphatic carbocycles. The van der Waals surface area contributed by atoms with E-state index in [0.29, 0.717) is 38.3 Å². The molecule has 0 spiro atoms. The lowest BCUT2D eigenvalue weighted by Crippen LogP contribution is -2.42. The molecule has 1 aromatic heterocycles. The van der Waals surface area contributed by atoms with Gasteiger partial charge in [0.15, 0.2) is 0 Å². The van der Waals surface area contributed by atoms with E-state index in [2.05, 4.69) is 10.3 Å². The van der Waals surface area contributed by atoms with Gasteiger partial charge in [-0.1, -0.05) is 0 Å². The minimum atomic E-state index is -0.700. The summed E-state index contributed by atoms with van der Waals surface area (Å²) in [6.07, 6.45) is 3.12. The zero-order valence-corrected chi connectivity index (χ0v) is 12.2. The van der Waals surface area contributed by atoms with Crippen LogP contribution in [0.15, 0.2) is 24.4 Å². The zero-order chi connectivity index (χ0) is 14.9. The van der Waals surface area contributed by atoms with Crippen LogP contribution in [0.4, 0.5) is 11.4 Å². The molecule has 21 heavy (non-hydrogen) atoms. The molecule has 5 heteroatoms. The lowest BCUT2D eigenvalue weighted by atomic mass is 9.94. The summed E-state index contributed by atoms with van der Waals surface area (Å²) in [7, 11) is 0. The van der Waals surface area contributed by atoms with Crippen molar-refractivity contribution in [3.63, 3.8) is 0 Å². The van der Waals surface area contributed by atoms with E-state index in [0.717, 1.165) is 22.2 Å². The number of benzene rings is 1. The molecule has 3 rings (SSSR count). The Labute approximate surface area is 124 Å². The van der Waals surface area contributed by atoms with Crippen molar-refractivity contribution in [2.24, 2.45) is 0 Å². The molecule has 1 fully saturated rings. The van der Waals surface area contributed by atoms with E-state index in [1.54, 1.807) is 6.20 Å². The number of nitrogens with zero attached hydrogens (tertiary/aromatic N) is 1. The number of hydrogen-bond acceptors (Lipinski definition) is 5. The van der Waals surface area contributed by atoms with E-state index in [4.69, 9.17) is 10.5 Å². The number of nitrogens with one attached hydrogen (secondary N) is 1. The molecule has 4 N–H and O–H groups in total. The molecule has 0 amide bonds. The monoisotopic (exact) mass is 287 g/mol. The van der Waals surface area contributed by atoms with Crippen LogP contribution in [-0.2, 0) is 4.74 Å². The minimum absolute atomic E-state index is 0.511. The van der Waals surface area contributed by atoms with Crippen LogP contribution in [0, 0.1) is 6.92 Å². The van der Waals surface area contributed by atoms with Gasteiger partial charge >= 0.3 is 0 Å². The highest BCUT2D eigenvalue weighted by Gasteiger charge is 2.29. The Balaban J connectivity index is 1.87. The fraction of sp³-hybridized carbons (Fsp3) is 0.438. The zero-order valence-electron chi connectivity index (χ0n) is 12.2. The Morgan fingerprint density at radius 1 is 1.33 bits per heavy atom. The number of anilines is 2. The average molecular weight is 287 g/mol. The Bertz CT molecular complexity index is 651. The molecule has 112 valence electrons. The van der Waals surface area contributed by atoms with Gasteiger partial charge in [-0.15, -0.1) is 0 Å². The third kappa shape index (κ3) is 2.94. The predicted octanol–water partition coefficient (Wildman–Crippen LogP) is 2.08. The van der Waals surface area contributed by atoms with Crippen molar-refractivity contribution < 1.29 is 9.84 Å². The third-order valence-corrected chi connectivity index (χ3v) is 4.10. The summed E-state index contributed by atoms with van der Waals surface area (Å²) in [4.78, 5) is 4.30. The van der Waals surface area contributed by atoms with Gasteiger partial charge in [0.25, 0.3) is 0 Å². The number of aryl methyl sites for hydroxylation is 1. The van der Waals surface area contributed by atoms with E-state index in [1.165, 1.54) is 0 Å². The van der Waals surface area contributed by atoms with Gasteiger partial charge in [0.05, 0.1) is 5.60 Å². The van der Waals surface area contributed by atoms with Crippen molar-refractivity contribution in [2.45, 2.75) is 25.4 Å². The van der Waals surface area contributed by atoms with Crippen LogP contribution in [0.3, 0.4) is 0 Å². The van der Waals surface area contributed by atoms with Gasteiger partial charge < -0.3 is 20.9 Å². The van der Waals surface area contributed by atoms with Gasteiger partial charge in [0.1, 0.15) is 0 Å². The fourth-order valence-corrected chi connectivity index (χ4v) is 2.71. The van der Waals surface area contributed by atoms with Crippen LogP contribution in [0.1, 0.15) is 18.5 Å². The van der Waals surface area contributed by atoms with E-state index in [9.17, 15) is 5.11 Å². The molecule has 0 bridgehead atoms. The minimum Gasteiger partial charge on any atom is -0.398 e. The molecule has 0 radical (unpaired) electrons. The highest BCUT2D eigenvalue weighted by Crippen LogP contribution is 2.29. The first-order valence-electron chi connectivity index (χ1n) is 7.26. The van der Waals surface area contributed by atoms with Crippen LogP contribution in [0.25, 0.3) is 10.8 Å². The molecule has 0 atom stereocenters. The second kappa shape index (κ2) is 5.50. The Morgan fingerprint density at radius 2 is 2.10 bits per heavy atom. The third-order valence-electron chi connectivity index (χ3n) is 4.10. The summed E-state index contributed by atoms with van der Waals surface area (Å²) in [5.74, 6) is 0. The number of ether oxygens (including phenoxy) is 1. The lowest BCUT2D eigenvalue weighted by Gasteiger charge is -2.32. The van der Waals surface area contributed by atoms with Gasteiger partial charge in [-0.3, -0.25) is 4.98 Å². The molecule has 2 aromatic rings. The summed E-state index contributed by atoms with van der Waals surface area (Å²) in [6, 6.07) is 5.84. The van der Waals surface area contributed by atoms with Gasteiger partial charge in [0.2, 0.25) is 0 Å². The number of aliphatic hydroxyl groups is 1.